The second kappa shape index (κ2) is 8.71. The van der Waals surface area contributed by atoms with Gasteiger partial charge in [0.1, 0.15) is 11.6 Å². The van der Waals surface area contributed by atoms with E-state index in [0.717, 1.165) is 41.2 Å². The Kier molecular flexibility index (Phi) is 5.86. The van der Waals surface area contributed by atoms with Crippen LogP contribution in [-0.2, 0) is 6.42 Å². The molecule has 1 aliphatic heterocycles. The molecule has 30 heavy (non-hydrogen) atoms. The first kappa shape index (κ1) is 20.2. The first-order chi connectivity index (χ1) is 14.5. The average molecular weight is 424 g/mol. The molecule has 0 radical (unpaired) electrons. The fourth-order valence-corrected chi connectivity index (χ4v) is 3.94. The third-order valence-corrected chi connectivity index (χ3v) is 5.72. The van der Waals surface area contributed by atoms with Gasteiger partial charge in [0, 0.05) is 37.4 Å². The molecular formula is C23H22ClN3O3. The SMILES string of the molecule is CN(c1ccc2c(c1)OCC[C@H]2CCc1cnccc1C(=O)O)c1ccc(Cl)cn1. The normalized spacial score (nSPS) is 15.2. The summed E-state index contributed by atoms with van der Waals surface area (Å²) in [6.07, 6.45) is 7.21. The van der Waals surface area contributed by atoms with E-state index < -0.39 is 5.97 Å². The second-order valence-electron chi connectivity index (χ2n) is 7.33. The third-order valence-electron chi connectivity index (χ3n) is 5.50. The maximum Gasteiger partial charge on any atom is 0.336 e. The molecule has 1 aliphatic rings. The van der Waals surface area contributed by atoms with Crippen LogP contribution in [0.3, 0.4) is 0 Å². The lowest BCUT2D eigenvalue weighted by Crippen LogP contribution is -2.17. The van der Waals surface area contributed by atoms with Crippen LogP contribution in [0.5, 0.6) is 5.75 Å². The number of hydrogen-bond donors (Lipinski definition) is 1. The van der Waals surface area contributed by atoms with Crippen LogP contribution in [0.25, 0.3) is 0 Å². The van der Waals surface area contributed by atoms with Gasteiger partial charge in [-0.2, -0.15) is 0 Å². The van der Waals surface area contributed by atoms with Gasteiger partial charge < -0.3 is 14.7 Å². The van der Waals surface area contributed by atoms with Crippen molar-refractivity contribution in [3.63, 3.8) is 0 Å². The largest absolute Gasteiger partial charge is 0.493 e. The molecule has 6 nitrogen and oxygen atoms in total. The fraction of sp³-hybridized carbons (Fsp3) is 0.261. The van der Waals surface area contributed by atoms with Crippen molar-refractivity contribution in [2.24, 2.45) is 0 Å². The number of carboxylic acid groups (broad SMARTS) is 1. The van der Waals surface area contributed by atoms with Crippen LogP contribution in [0.2, 0.25) is 5.02 Å². The number of ether oxygens (including phenoxy) is 1. The lowest BCUT2D eigenvalue weighted by molar-refractivity contribution is 0.0695. The molecular weight excluding hydrogens is 402 g/mol. The zero-order valence-electron chi connectivity index (χ0n) is 16.6. The topological polar surface area (TPSA) is 75.5 Å². The summed E-state index contributed by atoms with van der Waals surface area (Å²) < 4.78 is 5.94. The molecule has 0 fully saturated rings. The summed E-state index contributed by atoms with van der Waals surface area (Å²) in [4.78, 5) is 21.9. The molecule has 0 saturated heterocycles. The zero-order valence-corrected chi connectivity index (χ0v) is 17.3. The summed E-state index contributed by atoms with van der Waals surface area (Å²) in [7, 11) is 1.95. The molecule has 1 N–H and O–H groups in total. The minimum Gasteiger partial charge on any atom is -0.493 e. The maximum atomic E-state index is 11.4. The van der Waals surface area contributed by atoms with Crippen molar-refractivity contribution in [3.8, 4) is 5.75 Å². The molecule has 1 aromatic carbocycles. The van der Waals surface area contributed by atoms with Crippen LogP contribution in [0.15, 0.2) is 55.0 Å². The molecule has 0 unspecified atom stereocenters. The van der Waals surface area contributed by atoms with E-state index in [1.165, 1.54) is 6.20 Å². The van der Waals surface area contributed by atoms with Crippen molar-refractivity contribution >= 4 is 29.1 Å². The molecule has 0 aliphatic carbocycles. The number of nitrogens with zero attached hydrogens (tertiary/aromatic N) is 3. The van der Waals surface area contributed by atoms with E-state index in [9.17, 15) is 9.90 Å². The van der Waals surface area contributed by atoms with Crippen molar-refractivity contribution in [2.75, 3.05) is 18.6 Å². The Morgan fingerprint density at radius 1 is 1.27 bits per heavy atom. The summed E-state index contributed by atoms with van der Waals surface area (Å²) >= 11 is 5.94. The van der Waals surface area contributed by atoms with Crippen LogP contribution in [0, 0.1) is 0 Å². The van der Waals surface area contributed by atoms with Gasteiger partial charge in [-0.3, -0.25) is 4.98 Å². The summed E-state index contributed by atoms with van der Waals surface area (Å²) in [5, 5.41) is 9.99. The van der Waals surface area contributed by atoms with Crippen LogP contribution in [0.1, 0.15) is 40.2 Å². The van der Waals surface area contributed by atoms with E-state index in [4.69, 9.17) is 16.3 Å². The van der Waals surface area contributed by atoms with Crippen molar-refractivity contribution in [3.05, 3.63) is 76.7 Å². The number of aromatic carboxylic acids is 1. The minimum absolute atomic E-state index is 0.309. The number of pyridine rings is 2. The minimum atomic E-state index is -0.914. The Morgan fingerprint density at radius 3 is 2.90 bits per heavy atom. The van der Waals surface area contributed by atoms with Gasteiger partial charge in [0.15, 0.2) is 0 Å². The molecule has 0 saturated carbocycles. The van der Waals surface area contributed by atoms with Gasteiger partial charge >= 0.3 is 5.97 Å². The molecule has 0 spiro atoms. The highest BCUT2D eigenvalue weighted by Gasteiger charge is 2.23. The molecule has 0 amide bonds. The van der Waals surface area contributed by atoms with E-state index in [2.05, 4.69) is 22.1 Å². The summed E-state index contributed by atoms with van der Waals surface area (Å²) in [5.74, 6) is 1.06. The van der Waals surface area contributed by atoms with Crippen molar-refractivity contribution < 1.29 is 14.6 Å². The molecule has 7 heteroatoms. The number of rotatable bonds is 6. The number of carboxylic acids is 1. The molecule has 3 aromatic rings. The Morgan fingerprint density at radius 2 is 2.13 bits per heavy atom. The quantitative estimate of drug-likeness (QED) is 0.594. The number of aromatic nitrogens is 2. The van der Waals surface area contributed by atoms with E-state index in [1.54, 1.807) is 18.5 Å². The molecule has 4 rings (SSSR count). The van der Waals surface area contributed by atoms with Crippen LogP contribution >= 0.6 is 11.6 Å². The van der Waals surface area contributed by atoms with E-state index in [0.29, 0.717) is 29.5 Å². The molecule has 0 bridgehead atoms. The fourth-order valence-electron chi connectivity index (χ4n) is 3.82. The summed E-state index contributed by atoms with van der Waals surface area (Å²) in [5.41, 5.74) is 3.22. The maximum absolute atomic E-state index is 11.4. The van der Waals surface area contributed by atoms with Crippen molar-refractivity contribution in [1.29, 1.82) is 0 Å². The van der Waals surface area contributed by atoms with Gasteiger partial charge in [0.25, 0.3) is 0 Å². The Labute approximate surface area is 180 Å². The number of halogens is 1. The van der Waals surface area contributed by atoms with Crippen LogP contribution in [-0.4, -0.2) is 34.7 Å². The number of carbonyl (C=O) groups is 1. The van der Waals surface area contributed by atoms with E-state index >= 15 is 0 Å². The number of fused-ring (bicyclic) bond motifs is 1. The van der Waals surface area contributed by atoms with Gasteiger partial charge in [-0.1, -0.05) is 17.7 Å². The Hall–Kier alpha value is -3.12. The number of anilines is 2. The monoisotopic (exact) mass is 423 g/mol. The van der Waals surface area contributed by atoms with Gasteiger partial charge in [-0.25, -0.2) is 9.78 Å². The summed E-state index contributed by atoms with van der Waals surface area (Å²) in [6.45, 7) is 0.642. The highest BCUT2D eigenvalue weighted by molar-refractivity contribution is 6.30. The smallest absolute Gasteiger partial charge is 0.336 e. The highest BCUT2D eigenvalue weighted by Crippen LogP contribution is 2.39. The van der Waals surface area contributed by atoms with E-state index in [-0.39, 0.29) is 0 Å². The Bertz CT molecular complexity index is 1060. The summed E-state index contributed by atoms with van der Waals surface area (Å²) in [6, 6.07) is 11.4. The van der Waals surface area contributed by atoms with Gasteiger partial charge in [0.2, 0.25) is 0 Å². The first-order valence-corrected chi connectivity index (χ1v) is 10.2. The molecule has 154 valence electrons. The average Bonchev–Trinajstić information content (AvgIpc) is 2.77. The van der Waals surface area contributed by atoms with Gasteiger partial charge in [-0.05, 0) is 60.6 Å². The van der Waals surface area contributed by atoms with Gasteiger partial charge in [-0.15, -0.1) is 0 Å². The zero-order chi connectivity index (χ0) is 21.1. The second-order valence-corrected chi connectivity index (χ2v) is 7.76. The Balaban J connectivity index is 1.52. The lowest BCUT2D eigenvalue weighted by Gasteiger charge is -2.28. The van der Waals surface area contributed by atoms with Crippen LogP contribution in [0.4, 0.5) is 11.5 Å². The lowest BCUT2D eigenvalue weighted by atomic mass is 9.87. The molecule has 2 aromatic heterocycles. The standard InChI is InChI=1S/C23H22ClN3O3/c1-27(22-7-4-17(24)14-26-22)18-5-6-19-15(9-11-30-21(19)12-18)2-3-16-13-25-10-8-20(16)23(28)29/h4-8,10,12-15H,2-3,9,11H2,1H3,(H,28,29)/t15-/m1/s1. The highest BCUT2D eigenvalue weighted by atomic mass is 35.5. The van der Waals surface area contributed by atoms with Gasteiger partial charge in [0.05, 0.1) is 17.2 Å². The third kappa shape index (κ3) is 4.24. The molecule has 1 atom stereocenters. The van der Waals surface area contributed by atoms with Crippen LogP contribution < -0.4 is 9.64 Å². The van der Waals surface area contributed by atoms with Crippen molar-refractivity contribution in [1.82, 2.24) is 9.97 Å². The predicted octanol–water partition coefficient (Wildman–Crippen LogP) is 5.10. The van der Waals surface area contributed by atoms with Crippen molar-refractivity contribution in [2.45, 2.75) is 25.2 Å². The molecule has 3 heterocycles. The predicted molar refractivity (Wildman–Crippen MR) is 116 cm³/mol. The number of benzene rings is 1. The number of hydrogen-bond acceptors (Lipinski definition) is 5. The first-order valence-electron chi connectivity index (χ1n) is 9.81. The number of aryl methyl sites for hydroxylation is 1. The van der Waals surface area contributed by atoms with E-state index in [1.807, 2.05) is 30.1 Å².